The first-order valence-corrected chi connectivity index (χ1v) is 7.27. The minimum absolute atomic E-state index is 0.720. The molecule has 19 heavy (non-hydrogen) atoms. The number of benzene rings is 2. The molecule has 0 saturated heterocycles. The van der Waals surface area contributed by atoms with E-state index in [1.807, 2.05) is 18.2 Å². The van der Waals surface area contributed by atoms with Crippen LogP contribution in [0.4, 0.5) is 5.69 Å². The number of nitrogen functional groups attached to an aromatic ring is 1. The van der Waals surface area contributed by atoms with Crippen molar-refractivity contribution in [1.82, 2.24) is 0 Å². The molecule has 0 bridgehead atoms. The Balaban J connectivity index is 2.20. The number of anilines is 1. The highest BCUT2D eigenvalue weighted by Gasteiger charge is 2.04. The average molecular weight is 273 g/mol. The standard InChI is InChI=1S/C16H19NOS/c1-3-8-18-14-9-13(17)10-15(11-14)19-16-7-5-4-6-12(16)2/h4-7,9-11H,3,8,17H2,1-2H3. The molecule has 0 aliphatic heterocycles. The van der Waals surface area contributed by atoms with Crippen molar-refractivity contribution in [3.05, 3.63) is 48.0 Å². The summed E-state index contributed by atoms with van der Waals surface area (Å²) in [5.41, 5.74) is 7.94. The van der Waals surface area contributed by atoms with E-state index in [4.69, 9.17) is 10.5 Å². The highest BCUT2D eigenvalue weighted by Crippen LogP contribution is 2.33. The van der Waals surface area contributed by atoms with Crippen molar-refractivity contribution in [2.24, 2.45) is 0 Å². The zero-order valence-electron chi connectivity index (χ0n) is 11.3. The molecule has 0 radical (unpaired) electrons. The van der Waals surface area contributed by atoms with Gasteiger partial charge in [0.2, 0.25) is 0 Å². The average Bonchev–Trinajstić information content (AvgIpc) is 2.38. The third-order valence-corrected chi connectivity index (χ3v) is 3.85. The summed E-state index contributed by atoms with van der Waals surface area (Å²) in [4.78, 5) is 2.36. The van der Waals surface area contributed by atoms with Gasteiger partial charge in [-0.3, -0.25) is 0 Å². The first-order chi connectivity index (χ1) is 9.19. The van der Waals surface area contributed by atoms with Crippen molar-refractivity contribution < 1.29 is 4.74 Å². The molecule has 0 aliphatic rings. The normalized spacial score (nSPS) is 10.4. The van der Waals surface area contributed by atoms with Gasteiger partial charge in [-0.05, 0) is 37.1 Å². The molecule has 0 aliphatic carbocycles. The third-order valence-electron chi connectivity index (χ3n) is 2.70. The lowest BCUT2D eigenvalue weighted by Crippen LogP contribution is -1.96. The molecule has 3 heteroatoms. The summed E-state index contributed by atoms with van der Waals surface area (Å²) in [6.07, 6.45) is 0.995. The highest BCUT2D eigenvalue weighted by molar-refractivity contribution is 7.99. The van der Waals surface area contributed by atoms with Crippen LogP contribution in [0.25, 0.3) is 0 Å². The van der Waals surface area contributed by atoms with E-state index in [0.717, 1.165) is 29.4 Å². The molecule has 0 saturated carbocycles. The van der Waals surface area contributed by atoms with E-state index in [2.05, 4.69) is 38.1 Å². The van der Waals surface area contributed by atoms with Gasteiger partial charge >= 0.3 is 0 Å². The van der Waals surface area contributed by atoms with Crippen molar-refractivity contribution in [3.8, 4) is 5.75 Å². The Morgan fingerprint density at radius 1 is 1.16 bits per heavy atom. The molecular formula is C16H19NOS. The van der Waals surface area contributed by atoms with Crippen molar-refractivity contribution in [1.29, 1.82) is 0 Å². The lowest BCUT2D eigenvalue weighted by atomic mass is 10.2. The molecule has 0 atom stereocenters. The fourth-order valence-electron chi connectivity index (χ4n) is 1.75. The number of hydrogen-bond donors (Lipinski definition) is 1. The maximum absolute atomic E-state index is 5.93. The Hall–Kier alpha value is -1.61. The van der Waals surface area contributed by atoms with Crippen molar-refractivity contribution in [2.75, 3.05) is 12.3 Å². The van der Waals surface area contributed by atoms with Gasteiger partial charge in [-0.15, -0.1) is 0 Å². The second-order valence-corrected chi connectivity index (χ2v) is 5.57. The van der Waals surface area contributed by atoms with Crippen molar-refractivity contribution in [3.63, 3.8) is 0 Å². The molecule has 0 fully saturated rings. The van der Waals surface area contributed by atoms with Gasteiger partial charge in [0.1, 0.15) is 5.75 Å². The largest absolute Gasteiger partial charge is 0.493 e. The Morgan fingerprint density at radius 2 is 1.95 bits per heavy atom. The predicted molar refractivity (Wildman–Crippen MR) is 81.9 cm³/mol. The number of aryl methyl sites for hydroxylation is 1. The lowest BCUT2D eigenvalue weighted by molar-refractivity contribution is 0.317. The van der Waals surface area contributed by atoms with Crippen molar-refractivity contribution >= 4 is 17.4 Å². The molecule has 0 heterocycles. The van der Waals surface area contributed by atoms with Gasteiger partial charge in [0.25, 0.3) is 0 Å². The maximum atomic E-state index is 5.93. The van der Waals surface area contributed by atoms with Gasteiger partial charge in [0, 0.05) is 21.5 Å². The van der Waals surface area contributed by atoms with Gasteiger partial charge in [0.05, 0.1) is 6.61 Å². The topological polar surface area (TPSA) is 35.2 Å². The predicted octanol–water partition coefficient (Wildman–Crippen LogP) is 4.52. The number of hydrogen-bond acceptors (Lipinski definition) is 3. The summed E-state index contributed by atoms with van der Waals surface area (Å²) in [5.74, 6) is 0.845. The molecule has 0 aromatic heterocycles. The van der Waals surface area contributed by atoms with Crippen LogP contribution in [0, 0.1) is 6.92 Å². The highest BCUT2D eigenvalue weighted by atomic mass is 32.2. The van der Waals surface area contributed by atoms with E-state index in [1.165, 1.54) is 10.5 Å². The van der Waals surface area contributed by atoms with E-state index in [-0.39, 0.29) is 0 Å². The minimum atomic E-state index is 0.720. The van der Waals surface area contributed by atoms with E-state index in [1.54, 1.807) is 11.8 Å². The Kier molecular flexibility index (Phi) is 4.74. The molecule has 2 N–H and O–H groups in total. The molecule has 2 aromatic rings. The van der Waals surface area contributed by atoms with E-state index in [0.29, 0.717) is 0 Å². The molecule has 0 amide bonds. The Bertz CT molecular complexity index is 554. The van der Waals surface area contributed by atoms with Crippen LogP contribution in [-0.4, -0.2) is 6.61 Å². The zero-order chi connectivity index (χ0) is 13.7. The summed E-state index contributed by atoms with van der Waals surface area (Å²) in [6.45, 7) is 4.93. The van der Waals surface area contributed by atoms with Crippen LogP contribution in [0.2, 0.25) is 0 Å². The third kappa shape index (κ3) is 3.93. The summed E-state index contributed by atoms with van der Waals surface area (Å²) in [6, 6.07) is 14.2. The molecule has 0 unspecified atom stereocenters. The van der Waals surface area contributed by atoms with Crippen LogP contribution in [0.1, 0.15) is 18.9 Å². The second kappa shape index (κ2) is 6.53. The molecule has 0 spiro atoms. The minimum Gasteiger partial charge on any atom is -0.493 e. The first kappa shape index (κ1) is 13.8. The Labute approximate surface area is 119 Å². The van der Waals surface area contributed by atoms with Crippen LogP contribution in [0.3, 0.4) is 0 Å². The van der Waals surface area contributed by atoms with Crippen LogP contribution < -0.4 is 10.5 Å². The Morgan fingerprint density at radius 3 is 2.68 bits per heavy atom. The fourth-order valence-corrected chi connectivity index (χ4v) is 2.75. The summed E-state index contributed by atoms with van der Waals surface area (Å²) >= 11 is 1.72. The van der Waals surface area contributed by atoms with Crippen LogP contribution in [0.5, 0.6) is 5.75 Å². The lowest BCUT2D eigenvalue weighted by Gasteiger charge is -2.10. The monoisotopic (exact) mass is 273 g/mol. The molecular weight excluding hydrogens is 254 g/mol. The van der Waals surface area contributed by atoms with Crippen molar-refractivity contribution in [2.45, 2.75) is 30.1 Å². The summed E-state index contributed by atoms with van der Waals surface area (Å²) < 4.78 is 5.65. The van der Waals surface area contributed by atoms with Gasteiger partial charge < -0.3 is 10.5 Å². The zero-order valence-corrected chi connectivity index (χ0v) is 12.2. The first-order valence-electron chi connectivity index (χ1n) is 6.46. The van der Waals surface area contributed by atoms with Gasteiger partial charge in [-0.1, -0.05) is 36.9 Å². The van der Waals surface area contributed by atoms with Gasteiger partial charge in [-0.2, -0.15) is 0 Å². The molecule has 2 rings (SSSR count). The van der Waals surface area contributed by atoms with E-state index in [9.17, 15) is 0 Å². The maximum Gasteiger partial charge on any atom is 0.122 e. The molecule has 2 aromatic carbocycles. The fraction of sp³-hybridized carbons (Fsp3) is 0.250. The quantitative estimate of drug-likeness (QED) is 0.814. The SMILES string of the molecule is CCCOc1cc(N)cc(Sc2ccccc2C)c1. The number of nitrogens with two attached hydrogens (primary N) is 1. The van der Waals surface area contributed by atoms with Crippen LogP contribution in [-0.2, 0) is 0 Å². The van der Waals surface area contributed by atoms with E-state index < -0.39 is 0 Å². The van der Waals surface area contributed by atoms with Crippen LogP contribution >= 0.6 is 11.8 Å². The second-order valence-electron chi connectivity index (χ2n) is 4.45. The van der Waals surface area contributed by atoms with Gasteiger partial charge in [-0.25, -0.2) is 0 Å². The van der Waals surface area contributed by atoms with Crippen LogP contribution in [0.15, 0.2) is 52.3 Å². The summed E-state index contributed by atoms with van der Waals surface area (Å²) in [5, 5.41) is 0. The number of rotatable bonds is 5. The smallest absolute Gasteiger partial charge is 0.122 e. The van der Waals surface area contributed by atoms with E-state index >= 15 is 0 Å². The molecule has 2 nitrogen and oxygen atoms in total. The molecule has 100 valence electrons. The van der Waals surface area contributed by atoms with Gasteiger partial charge in [0.15, 0.2) is 0 Å². The summed E-state index contributed by atoms with van der Waals surface area (Å²) in [7, 11) is 0. The number of ether oxygens (including phenoxy) is 1.